The molecule has 1 aromatic rings. The average molecular weight is 254 g/mol. The van der Waals surface area contributed by atoms with Crippen molar-refractivity contribution in [2.24, 2.45) is 0 Å². The second-order valence-electron chi connectivity index (χ2n) is 4.89. The molecule has 1 unspecified atom stereocenters. The lowest BCUT2D eigenvalue weighted by Crippen LogP contribution is -2.38. The van der Waals surface area contributed by atoms with Crippen LogP contribution in [-0.2, 0) is 5.88 Å². The number of anilines is 1. The van der Waals surface area contributed by atoms with Crippen molar-refractivity contribution in [3.8, 4) is 0 Å². The monoisotopic (exact) mass is 253 g/mol. The largest absolute Gasteiger partial charge is 0.366 e. The van der Waals surface area contributed by atoms with Crippen molar-refractivity contribution in [1.82, 2.24) is 9.88 Å². The standard InChI is InChI=1S/C13H20ClN3/c1-16(2)10-12-4-3-7-17(12)13-9-15-6-5-11(13)8-14/h5-6,9,12H,3-4,7-8,10H2,1-2H3. The van der Waals surface area contributed by atoms with Gasteiger partial charge in [-0.1, -0.05) is 0 Å². The fourth-order valence-corrected chi connectivity index (χ4v) is 2.78. The van der Waals surface area contributed by atoms with E-state index in [2.05, 4.69) is 28.9 Å². The summed E-state index contributed by atoms with van der Waals surface area (Å²) in [5.41, 5.74) is 2.40. The molecule has 1 aromatic heterocycles. The van der Waals surface area contributed by atoms with Crippen LogP contribution in [0.3, 0.4) is 0 Å². The summed E-state index contributed by atoms with van der Waals surface area (Å²) in [5.74, 6) is 0.559. The van der Waals surface area contributed by atoms with Crippen LogP contribution in [0.5, 0.6) is 0 Å². The van der Waals surface area contributed by atoms with Crippen molar-refractivity contribution in [2.45, 2.75) is 24.8 Å². The number of rotatable bonds is 4. The van der Waals surface area contributed by atoms with Crippen LogP contribution in [-0.4, -0.2) is 43.1 Å². The molecular weight excluding hydrogens is 234 g/mol. The van der Waals surface area contributed by atoms with Crippen LogP contribution >= 0.6 is 11.6 Å². The molecule has 3 nitrogen and oxygen atoms in total. The molecule has 0 aromatic carbocycles. The van der Waals surface area contributed by atoms with Crippen molar-refractivity contribution in [3.05, 3.63) is 24.0 Å². The van der Waals surface area contributed by atoms with Crippen LogP contribution in [0.15, 0.2) is 18.5 Å². The van der Waals surface area contributed by atoms with Crippen LogP contribution in [0.4, 0.5) is 5.69 Å². The molecule has 1 aliphatic heterocycles. The second-order valence-corrected chi connectivity index (χ2v) is 5.16. The molecular formula is C13H20ClN3. The third kappa shape index (κ3) is 2.90. The minimum Gasteiger partial charge on any atom is -0.366 e. The molecule has 17 heavy (non-hydrogen) atoms. The van der Waals surface area contributed by atoms with E-state index in [1.165, 1.54) is 24.1 Å². The SMILES string of the molecule is CN(C)CC1CCCN1c1cnccc1CCl. The van der Waals surface area contributed by atoms with Gasteiger partial charge in [0, 0.05) is 31.2 Å². The van der Waals surface area contributed by atoms with Crippen LogP contribution in [0.1, 0.15) is 18.4 Å². The Bertz CT molecular complexity index is 367. The number of pyridine rings is 1. The zero-order valence-electron chi connectivity index (χ0n) is 10.6. The van der Waals surface area contributed by atoms with E-state index in [4.69, 9.17) is 11.6 Å². The van der Waals surface area contributed by atoms with Crippen LogP contribution in [0.25, 0.3) is 0 Å². The highest BCUT2D eigenvalue weighted by molar-refractivity contribution is 6.17. The highest BCUT2D eigenvalue weighted by Crippen LogP contribution is 2.29. The summed E-state index contributed by atoms with van der Waals surface area (Å²) in [6.07, 6.45) is 6.29. The third-order valence-corrected chi connectivity index (χ3v) is 3.58. The molecule has 0 amide bonds. The van der Waals surface area contributed by atoms with Gasteiger partial charge < -0.3 is 9.80 Å². The van der Waals surface area contributed by atoms with Crippen molar-refractivity contribution < 1.29 is 0 Å². The van der Waals surface area contributed by atoms with E-state index in [9.17, 15) is 0 Å². The Morgan fingerprint density at radius 1 is 1.53 bits per heavy atom. The Morgan fingerprint density at radius 3 is 3.06 bits per heavy atom. The molecule has 2 heterocycles. The lowest BCUT2D eigenvalue weighted by atomic mass is 10.2. The quantitative estimate of drug-likeness (QED) is 0.768. The first kappa shape index (κ1) is 12.7. The zero-order valence-corrected chi connectivity index (χ0v) is 11.3. The first-order valence-electron chi connectivity index (χ1n) is 6.12. The lowest BCUT2D eigenvalue weighted by Gasteiger charge is -2.30. The number of hydrogen-bond acceptors (Lipinski definition) is 3. The smallest absolute Gasteiger partial charge is 0.0600 e. The molecule has 4 heteroatoms. The topological polar surface area (TPSA) is 19.4 Å². The lowest BCUT2D eigenvalue weighted by molar-refractivity contribution is 0.372. The molecule has 0 N–H and O–H groups in total. The van der Waals surface area contributed by atoms with Crippen LogP contribution in [0.2, 0.25) is 0 Å². The van der Waals surface area contributed by atoms with Gasteiger partial charge in [0.05, 0.1) is 11.9 Å². The first-order valence-corrected chi connectivity index (χ1v) is 6.66. The minimum absolute atomic E-state index is 0.559. The molecule has 0 saturated carbocycles. The molecule has 1 fully saturated rings. The predicted octanol–water partition coefficient (Wildman–Crippen LogP) is 2.35. The number of alkyl halides is 1. The van der Waals surface area contributed by atoms with Crippen LogP contribution in [0, 0.1) is 0 Å². The fraction of sp³-hybridized carbons (Fsp3) is 0.615. The highest BCUT2D eigenvalue weighted by atomic mass is 35.5. The summed E-state index contributed by atoms with van der Waals surface area (Å²) in [5, 5.41) is 0. The average Bonchev–Trinajstić information content (AvgIpc) is 2.76. The molecule has 1 atom stereocenters. The van der Waals surface area contributed by atoms with Gasteiger partial charge >= 0.3 is 0 Å². The number of likely N-dealkylation sites (N-methyl/N-ethyl adjacent to an activating group) is 1. The van der Waals surface area contributed by atoms with Gasteiger partial charge in [0.25, 0.3) is 0 Å². The van der Waals surface area contributed by atoms with Gasteiger partial charge in [0.1, 0.15) is 0 Å². The molecule has 0 aliphatic carbocycles. The van der Waals surface area contributed by atoms with E-state index in [0.29, 0.717) is 11.9 Å². The summed E-state index contributed by atoms with van der Waals surface area (Å²) in [7, 11) is 4.25. The maximum atomic E-state index is 6.00. The van der Waals surface area contributed by atoms with E-state index in [-0.39, 0.29) is 0 Å². The number of halogens is 1. The minimum atomic E-state index is 0.559. The molecule has 1 aliphatic rings. The Kier molecular flexibility index (Phi) is 4.24. The van der Waals surface area contributed by atoms with E-state index in [0.717, 1.165) is 13.1 Å². The van der Waals surface area contributed by atoms with E-state index in [1.807, 2.05) is 18.5 Å². The van der Waals surface area contributed by atoms with Crippen molar-refractivity contribution in [2.75, 3.05) is 32.1 Å². The van der Waals surface area contributed by atoms with E-state index >= 15 is 0 Å². The summed E-state index contributed by atoms with van der Waals surface area (Å²) in [6.45, 7) is 2.21. The number of aromatic nitrogens is 1. The Labute approximate surface area is 108 Å². The molecule has 2 rings (SSSR count). The van der Waals surface area contributed by atoms with Crippen molar-refractivity contribution >= 4 is 17.3 Å². The van der Waals surface area contributed by atoms with Crippen molar-refractivity contribution in [1.29, 1.82) is 0 Å². The van der Waals surface area contributed by atoms with E-state index < -0.39 is 0 Å². The summed E-state index contributed by atoms with van der Waals surface area (Å²) < 4.78 is 0. The second kappa shape index (κ2) is 5.69. The third-order valence-electron chi connectivity index (χ3n) is 3.29. The van der Waals surface area contributed by atoms with Gasteiger partial charge in [-0.25, -0.2) is 0 Å². The summed E-state index contributed by atoms with van der Waals surface area (Å²) in [6, 6.07) is 2.61. The van der Waals surface area contributed by atoms with Gasteiger partial charge in [0.15, 0.2) is 0 Å². The Balaban J connectivity index is 2.19. The summed E-state index contributed by atoms with van der Waals surface area (Å²) >= 11 is 6.00. The fourth-order valence-electron chi connectivity index (χ4n) is 2.55. The molecule has 0 spiro atoms. The van der Waals surface area contributed by atoms with Gasteiger partial charge in [0.2, 0.25) is 0 Å². The zero-order chi connectivity index (χ0) is 12.3. The number of nitrogens with zero attached hydrogens (tertiary/aromatic N) is 3. The maximum Gasteiger partial charge on any atom is 0.0600 e. The highest BCUT2D eigenvalue weighted by Gasteiger charge is 2.26. The predicted molar refractivity (Wildman–Crippen MR) is 72.7 cm³/mol. The molecule has 94 valence electrons. The van der Waals surface area contributed by atoms with Crippen LogP contribution < -0.4 is 4.90 Å². The van der Waals surface area contributed by atoms with Gasteiger partial charge in [-0.15, -0.1) is 11.6 Å². The maximum absolute atomic E-state index is 6.00. The van der Waals surface area contributed by atoms with Gasteiger partial charge in [-0.3, -0.25) is 4.98 Å². The normalized spacial score (nSPS) is 20.2. The van der Waals surface area contributed by atoms with E-state index in [1.54, 1.807) is 0 Å². The number of hydrogen-bond donors (Lipinski definition) is 0. The van der Waals surface area contributed by atoms with Gasteiger partial charge in [-0.05, 0) is 38.6 Å². The molecule has 1 saturated heterocycles. The Hall–Kier alpha value is -0.800. The van der Waals surface area contributed by atoms with Crippen molar-refractivity contribution in [3.63, 3.8) is 0 Å². The molecule has 0 radical (unpaired) electrons. The van der Waals surface area contributed by atoms with Gasteiger partial charge in [-0.2, -0.15) is 0 Å². The molecule has 0 bridgehead atoms. The summed E-state index contributed by atoms with van der Waals surface area (Å²) in [4.78, 5) is 8.95. The first-order chi connectivity index (χ1) is 8.22. The Morgan fingerprint density at radius 2 is 2.35 bits per heavy atom.